The van der Waals surface area contributed by atoms with Crippen LogP contribution in [0.15, 0.2) is 35.3 Å². The Morgan fingerprint density at radius 3 is 2.91 bits per heavy atom. The Balaban J connectivity index is 1.38. The van der Waals surface area contributed by atoms with Crippen LogP contribution in [-0.2, 0) is 11.3 Å². The number of aromatic amines is 3. The number of fused-ring (bicyclic) bond motifs is 1. The van der Waals surface area contributed by atoms with Gasteiger partial charge < -0.3 is 19.8 Å². The van der Waals surface area contributed by atoms with Crippen molar-refractivity contribution in [2.75, 3.05) is 38.7 Å². The molecule has 3 aromatic heterocycles. The topological polar surface area (TPSA) is 154 Å². The molecule has 4 heterocycles. The van der Waals surface area contributed by atoms with Crippen LogP contribution in [0.2, 0.25) is 0 Å². The number of benzene rings is 1. The third-order valence-electron chi connectivity index (χ3n) is 5.41. The van der Waals surface area contributed by atoms with E-state index in [4.69, 9.17) is 9.47 Å². The zero-order valence-electron chi connectivity index (χ0n) is 17.8. The molecule has 1 aromatic carbocycles. The van der Waals surface area contributed by atoms with Gasteiger partial charge in [0.25, 0.3) is 11.5 Å². The summed E-state index contributed by atoms with van der Waals surface area (Å²) in [6.07, 6.45) is 1.46. The summed E-state index contributed by atoms with van der Waals surface area (Å²) in [6, 6.07) is 7.35. The number of nitrogens with one attached hydrogen (secondary N) is 4. The van der Waals surface area contributed by atoms with Crippen LogP contribution in [0.5, 0.6) is 5.88 Å². The molecule has 4 N–H and O–H groups in total. The fraction of sp³-hybridized carbons (Fsp3) is 0.286. The Hall–Kier alpha value is -4.03. The highest BCUT2D eigenvalue weighted by Gasteiger charge is 2.18. The maximum Gasteiger partial charge on any atom is 0.277 e. The molecule has 12 heteroatoms. The zero-order chi connectivity index (χ0) is 22.8. The second-order valence-corrected chi connectivity index (χ2v) is 7.59. The number of hydrogen-bond acceptors (Lipinski definition) is 8. The van der Waals surface area contributed by atoms with Crippen molar-refractivity contribution in [3.63, 3.8) is 0 Å². The van der Waals surface area contributed by atoms with Crippen LogP contribution in [0.4, 0.5) is 5.69 Å². The molecule has 0 radical (unpaired) electrons. The van der Waals surface area contributed by atoms with E-state index in [9.17, 15) is 9.59 Å². The van der Waals surface area contributed by atoms with E-state index in [1.54, 1.807) is 0 Å². The number of ether oxygens (including phenoxy) is 2. The lowest BCUT2D eigenvalue weighted by Crippen LogP contribution is -2.35. The van der Waals surface area contributed by atoms with E-state index in [0.29, 0.717) is 17.2 Å². The molecule has 1 aliphatic rings. The molecule has 0 unspecified atom stereocenters. The van der Waals surface area contributed by atoms with Crippen molar-refractivity contribution in [2.24, 2.45) is 0 Å². The molecule has 0 saturated carbocycles. The standard InChI is InChI=1S/C21H22N8O4/c1-32-17-9-13(21(31)28-26-17)20(30)25-16-10-22-27-18(16)19-23-14-3-2-12(8-15(14)24-19)11-29-4-6-33-7-5-29/h2-3,8-10H,4-7,11H2,1H3,(H,22,27)(H,23,24)(H,25,30)(H,28,31). The van der Waals surface area contributed by atoms with Gasteiger partial charge in [0, 0.05) is 25.7 Å². The molecule has 4 aromatic rings. The third-order valence-corrected chi connectivity index (χ3v) is 5.41. The van der Waals surface area contributed by atoms with E-state index in [2.05, 4.69) is 52.7 Å². The van der Waals surface area contributed by atoms with Crippen LogP contribution < -0.4 is 15.6 Å². The molecule has 12 nitrogen and oxygen atoms in total. The summed E-state index contributed by atoms with van der Waals surface area (Å²) in [7, 11) is 1.39. The van der Waals surface area contributed by atoms with E-state index in [1.807, 2.05) is 6.07 Å². The molecule has 0 bridgehead atoms. The number of anilines is 1. The van der Waals surface area contributed by atoms with Crippen LogP contribution in [0, 0.1) is 0 Å². The maximum absolute atomic E-state index is 12.7. The normalized spacial score (nSPS) is 14.5. The lowest BCUT2D eigenvalue weighted by Gasteiger charge is -2.26. The monoisotopic (exact) mass is 450 g/mol. The fourth-order valence-corrected chi connectivity index (χ4v) is 3.70. The first-order chi connectivity index (χ1) is 16.1. The number of nitrogens with zero attached hydrogens (tertiary/aromatic N) is 4. The van der Waals surface area contributed by atoms with E-state index in [1.165, 1.54) is 24.9 Å². The van der Waals surface area contributed by atoms with Crippen LogP contribution in [0.3, 0.4) is 0 Å². The third kappa shape index (κ3) is 4.33. The number of carbonyl (C=O) groups is 1. The van der Waals surface area contributed by atoms with Gasteiger partial charge in [-0.15, -0.1) is 5.10 Å². The summed E-state index contributed by atoms with van der Waals surface area (Å²) in [4.78, 5) is 35.0. The summed E-state index contributed by atoms with van der Waals surface area (Å²) in [5.74, 6) is 0.0170. The molecule has 1 fully saturated rings. The van der Waals surface area contributed by atoms with Crippen molar-refractivity contribution < 1.29 is 14.3 Å². The number of rotatable bonds is 6. The Morgan fingerprint density at radius 2 is 2.09 bits per heavy atom. The SMILES string of the molecule is COc1cc(C(=O)Nc2cn[nH]c2-c2nc3ccc(CN4CCOCC4)cc3[nH]2)c(=O)[nH]n1. The minimum Gasteiger partial charge on any atom is -0.480 e. The molecule has 1 aliphatic heterocycles. The van der Waals surface area contributed by atoms with Crippen molar-refractivity contribution in [1.82, 2.24) is 35.3 Å². The molecule has 170 valence electrons. The summed E-state index contributed by atoms with van der Waals surface area (Å²) in [6.45, 7) is 4.17. The molecule has 5 rings (SSSR count). The Bertz CT molecular complexity index is 1350. The first-order valence-corrected chi connectivity index (χ1v) is 10.4. The summed E-state index contributed by atoms with van der Waals surface area (Å²) < 4.78 is 10.4. The molecule has 0 aliphatic carbocycles. The number of imidazole rings is 1. The Kier molecular flexibility index (Phi) is 5.59. The van der Waals surface area contributed by atoms with Gasteiger partial charge in [0.2, 0.25) is 5.88 Å². The quantitative estimate of drug-likeness (QED) is 0.341. The van der Waals surface area contributed by atoms with Crippen LogP contribution in [0.25, 0.3) is 22.6 Å². The van der Waals surface area contributed by atoms with Crippen molar-refractivity contribution in [2.45, 2.75) is 6.54 Å². The first-order valence-electron chi connectivity index (χ1n) is 10.4. The van der Waals surface area contributed by atoms with Crippen molar-refractivity contribution >= 4 is 22.6 Å². The highest BCUT2D eigenvalue weighted by Crippen LogP contribution is 2.26. The van der Waals surface area contributed by atoms with Gasteiger partial charge in [0.1, 0.15) is 11.3 Å². The second kappa shape index (κ2) is 8.84. The zero-order valence-corrected chi connectivity index (χ0v) is 17.8. The van der Waals surface area contributed by atoms with E-state index < -0.39 is 11.5 Å². The number of aromatic nitrogens is 6. The lowest BCUT2D eigenvalue weighted by molar-refractivity contribution is 0.0342. The van der Waals surface area contributed by atoms with E-state index in [-0.39, 0.29) is 11.4 Å². The number of methoxy groups -OCH3 is 1. The van der Waals surface area contributed by atoms with Gasteiger partial charge in [-0.05, 0) is 17.7 Å². The fourth-order valence-electron chi connectivity index (χ4n) is 3.70. The van der Waals surface area contributed by atoms with Crippen molar-refractivity contribution in [3.05, 3.63) is 51.9 Å². The van der Waals surface area contributed by atoms with Gasteiger partial charge in [-0.25, -0.2) is 10.1 Å². The van der Waals surface area contributed by atoms with Gasteiger partial charge >= 0.3 is 0 Å². The highest BCUT2D eigenvalue weighted by molar-refractivity contribution is 6.05. The minimum absolute atomic E-state index is 0.123. The lowest BCUT2D eigenvalue weighted by atomic mass is 10.2. The van der Waals surface area contributed by atoms with Crippen molar-refractivity contribution in [1.29, 1.82) is 0 Å². The predicted octanol–water partition coefficient (Wildman–Crippen LogP) is 1.13. The number of hydrogen-bond donors (Lipinski definition) is 4. The van der Waals surface area contributed by atoms with Gasteiger partial charge in [0.15, 0.2) is 5.82 Å². The van der Waals surface area contributed by atoms with Gasteiger partial charge in [-0.3, -0.25) is 19.6 Å². The minimum atomic E-state index is -0.630. The number of morpholine rings is 1. The van der Waals surface area contributed by atoms with Crippen molar-refractivity contribution in [3.8, 4) is 17.4 Å². The summed E-state index contributed by atoms with van der Waals surface area (Å²) in [5.41, 5.74) is 2.94. The molecular weight excluding hydrogens is 428 g/mol. The summed E-state index contributed by atoms with van der Waals surface area (Å²) >= 11 is 0. The molecule has 1 saturated heterocycles. The smallest absolute Gasteiger partial charge is 0.277 e. The number of carbonyl (C=O) groups excluding carboxylic acids is 1. The Morgan fingerprint density at radius 1 is 1.24 bits per heavy atom. The van der Waals surface area contributed by atoms with Gasteiger partial charge in [0.05, 0.1) is 43.2 Å². The average molecular weight is 450 g/mol. The van der Waals surface area contributed by atoms with E-state index >= 15 is 0 Å². The molecule has 0 spiro atoms. The van der Waals surface area contributed by atoms with E-state index in [0.717, 1.165) is 43.9 Å². The second-order valence-electron chi connectivity index (χ2n) is 7.59. The first kappa shape index (κ1) is 20.8. The predicted molar refractivity (Wildman–Crippen MR) is 119 cm³/mol. The molecule has 1 amide bonds. The largest absolute Gasteiger partial charge is 0.480 e. The molecule has 0 atom stereocenters. The van der Waals surface area contributed by atoms with Gasteiger partial charge in [-0.1, -0.05) is 6.07 Å². The average Bonchev–Trinajstić information content (AvgIpc) is 3.46. The molecule has 33 heavy (non-hydrogen) atoms. The van der Waals surface area contributed by atoms with Crippen LogP contribution >= 0.6 is 0 Å². The highest BCUT2D eigenvalue weighted by atomic mass is 16.5. The molecular formula is C21H22N8O4. The maximum atomic E-state index is 12.7. The Labute approximate surface area is 187 Å². The van der Waals surface area contributed by atoms with Crippen LogP contribution in [-0.4, -0.2) is 74.6 Å². The van der Waals surface area contributed by atoms with Crippen LogP contribution in [0.1, 0.15) is 15.9 Å². The number of H-pyrrole nitrogens is 3. The van der Waals surface area contributed by atoms with Gasteiger partial charge in [-0.2, -0.15) is 5.10 Å². The number of amides is 1. The summed E-state index contributed by atoms with van der Waals surface area (Å²) in [5, 5.41) is 15.5.